The van der Waals surface area contributed by atoms with Crippen LogP contribution in [0, 0.1) is 0 Å². The summed E-state index contributed by atoms with van der Waals surface area (Å²) < 4.78 is 15.0. The second-order valence-corrected chi connectivity index (χ2v) is 3.60. The Hall–Kier alpha value is -0.240. The van der Waals surface area contributed by atoms with Gasteiger partial charge in [-0.2, -0.15) is 0 Å². The molecule has 15 heavy (non-hydrogen) atoms. The normalized spacial score (nSPS) is 41.8. The van der Waals surface area contributed by atoms with Crippen LogP contribution in [-0.4, -0.2) is 73.3 Å². The van der Waals surface area contributed by atoms with Crippen molar-refractivity contribution in [3.05, 3.63) is 0 Å². The molecule has 4 unspecified atom stereocenters. The van der Waals surface area contributed by atoms with Crippen molar-refractivity contribution in [2.75, 3.05) is 27.4 Å². The number of aliphatic hydroxyl groups excluding tert-OH is 3. The highest BCUT2D eigenvalue weighted by molar-refractivity contribution is 4.91. The van der Waals surface area contributed by atoms with E-state index in [4.69, 9.17) is 14.2 Å². The van der Waals surface area contributed by atoms with Crippen molar-refractivity contribution < 1.29 is 29.5 Å². The maximum atomic E-state index is 9.57. The van der Waals surface area contributed by atoms with E-state index in [2.05, 4.69) is 0 Å². The van der Waals surface area contributed by atoms with Gasteiger partial charge in [0, 0.05) is 14.2 Å². The van der Waals surface area contributed by atoms with E-state index in [1.54, 1.807) is 0 Å². The third kappa shape index (κ3) is 2.87. The zero-order valence-corrected chi connectivity index (χ0v) is 8.87. The van der Waals surface area contributed by atoms with Gasteiger partial charge in [0.05, 0.1) is 13.2 Å². The van der Waals surface area contributed by atoms with Gasteiger partial charge in [-0.1, -0.05) is 0 Å². The van der Waals surface area contributed by atoms with E-state index >= 15 is 0 Å². The lowest BCUT2D eigenvalue weighted by molar-refractivity contribution is -0.239. The Kier molecular flexibility index (Phi) is 4.91. The summed E-state index contributed by atoms with van der Waals surface area (Å²) in [6.45, 7) is 0.316. The van der Waals surface area contributed by atoms with Gasteiger partial charge in [0.25, 0.3) is 0 Å². The van der Waals surface area contributed by atoms with Gasteiger partial charge < -0.3 is 29.5 Å². The van der Waals surface area contributed by atoms with Gasteiger partial charge in [-0.15, -0.1) is 0 Å². The number of ether oxygens (including phenoxy) is 3. The van der Waals surface area contributed by atoms with Crippen LogP contribution in [-0.2, 0) is 14.2 Å². The summed E-state index contributed by atoms with van der Waals surface area (Å²) >= 11 is 0. The monoisotopic (exact) mass is 222 g/mol. The van der Waals surface area contributed by atoms with Crippen molar-refractivity contribution in [2.24, 2.45) is 0 Å². The maximum Gasteiger partial charge on any atom is 0.111 e. The van der Waals surface area contributed by atoms with Crippen LogP contribution < -0.4 is 0 Å². The van der Waals surface area contributed by atoms with E-state index in [1.807, 2.05) is 0 Å². The first-order valence-corrected chi connectivity index (χ1v) is 4.79. The molecule has 0 bridgehead atoms. The zero-order chi connectivity index (χ0) is 11.4. The number of aliphatic hydroxyl groups is 3. The number of rotatable bonds is 4. The summed E-state index contributed by atoms with van der Waals surface area (Å²) in [7, 11) is 2.94. The second kappa shape index (κ2) is 5.74. The van der Waals surface area contributed by atoms with E-state index in [0.29, 0.717) is 0 Å². The quantitative estimate of drug-likeness (QED) is 0.516. The van der Waals surface area contributed by atoms with Crippen molar-refractivity contribution in [3.8, 4) is 0 Å². The predicted molar refractivity (Wildman–Crippen MR) is 50.4 cm³/mol. The molecule has 1 aliphatic rings. The average Bonchev–Trinajstić information content (AvgIpc) is 2.22. The topological polar surface area (TPSA) is 88.4 Å². The average molecular weight is 222 g/mol. The fourth-order valence-electron chi connectivity index (χ4n) is 1.63. The van der Waals surface area contributed by atoms with Crippen LogP contribution in [0.1, 0.15) is 0 Å². The Balaban J connectivity index is 2.62. The predicted octanol–water partition coefficient (Wildman–Crippen LogP) is -1.87. The first-order chi connectivity index (χ1) is 7.11. The summed E-state index contributed by atoms with van der Waals surface area (Å²) in [6.07, 6.45) is -4.82. The number of hydrogen-bond donors (Lipinski definition) is 3. The molecule has 1 rings (SSSR count). The Morgan fingerprint density at radius 1 is 0.867 bits per heavy atom. The molecule has 0 aliphatic carbocycles. The molecule has 0 spiro atoms. The van der Waals surface area contributed by atoms with E-state index in [1.165, 1.54) is 14.2 Å². The van der Waals surface area contributed by atoms with Gasteiger partial charge in [-0.05, 0) is 0 Å². The lowest BCUT2D eigenvalue weighted by Crippen LogP contribution is -2.59. The van der Waals surface area contributed by atoms with Gasteiger partial charge in [-0.25, -0.2) is 0 Å². The highest BCUT2D eigenvalue weighted by atomic mass is 16.6. The van der Waals surface area contributed by atoms with Crippen molar-refractivity contribution in [2.45, 2.75) is 30.5 Å². The van der Waals surface area contributed by atoms with Crippen molar-refractivity contribution in [3.63, 3.8) is 0 Å². The van der Waals surface area contributed by atoms with Crippen molar-refractivity contribution >= 4 is 0 Å². The molecule has 1 heterocycles. The molecular formula is C9H18O6. The third-order valence-electron chi connectivity index (χ3n) is 2.47. The van der Waals surface area contributed by atoms with Gasteiger partial charge in [0.15, 0.2) is 0 Å². The minimum Gasteiger partial charge on any atom is -0.388 e. The summed E-state index contributed by atoms with van der Waals surface area (Å²) in [4.78, 5) is 0. The fourth-order valence-corrected chi connectivity index (χ4v) is 1.63. The van der Waals surface area contributed by atoms with Crippen LogP contribution in [0.5, 0.6) is 0 Å². The van der Waals surface area contributed by atoms with Gasteiger partial charge in [0.2, 0.25) is 0 Å². The third-order valence-corrected chi connectivity index (χ3v) is 2.47. The second-order valence-electron chi connectivity index (χ2n) is 3.60. The fraction of sp³-hybridized carbons (Fsp3) is 1.00. The first-order valence-electron chi connectivity index (χ1n) is 4.79. The van der Waals surface area contributed by atoms with E-state index < -0.39 is 30.5 Å². The highest BCUT2D eigenvalue weighted by Gasteiger charge is 2.43. The molecule has 0 amide bonds. The van der Waals surface area contributed by atoms with Gasteiger partial charge in [-0.3, -0.25) is 0 Å². The Morgan fingerprint density at radius 3 is 1.60 bits per heavy atom. The summed E-state index contributed by atoms with van der Waals surface area (Å²) in [5, 5.41) is 28.7. The SMILES string of the molecule is COCC1OC(COC)C(O)C(O)C1O. The molecule has 0 saturated carbocycles. The lowest BCUT2D eigenvalue weighted by atomic mass is 9.95. The molecule has 1 aliphatic heterocycles. The van der Waals surface area contributed by atoms with E-state index in [-0.39, 0.29) is 13.2 Å². The molecule has 6 nitrogen and oxygen atoms in total. The molecule has 0 aromatic rings. The van der Waals surface area contributed by atoms with Crippen LogP contribution in [0.4, 0.5) is 0 Å². The standard InChI is InChI=1S/C9H18O6/c1-13-3-5-7(10)9(12)8(11)6(15-5)4-14-2/h5-12H,3-4H2,1-2H3. The minimum absolute atomic E-state index is 0.158. The Bertz CT molecular complexity index is 169. The first kappa shape index (κ1) is 12.8. The molecule has 90 valence electrons. The zero-order valence-electron chi connectivity index (χ0n) is 8.87. The molecule has 1 fully saturated rings. The molecule has 4 atom stereocenters. The van der Waals surface area contributed by atoms with Crippen molar-refractivity contribution in [1.82, 2.24) is 0 Å². The van der Waals surface area contributed by atoms with Crippen LogP contribution in [0.2, 0.25) is 0 Å². The van der Waals surface area contributed by atoms with Crippen LogP contribution >= 0.6 is 0 Å². The smallest absolute Gasteiger partial charge is 0.111 e. The summed E-state index contributed by atoms with van der Waals surface area (Å²) in [6, 6.07) is 0. The minimum atomic E-state index is -1.24. The molecular weight excluding hydrogens is 204 g/mol. The van der Waals surface area contributed by atoms with Gasteiger partial charge in [0.1, 0.15) is 30.5 Å². The largest absolute Gasteiger partial charge is 0.388 e. The summed E-state index contributed by atoms with van der Waals surface area (Å²) in [5.41, 5.74) is 0. The molecule has 0 aromatic carbocycles. The van der Waals surface area contributed by atoms with E-state index in [0.717, 1.165) is 0 Å². The lowest BCUT2D eigenvalue weighted by Gasteiger charge is -2.40. The summed E-state index contributed by atoms with van der Waals surface area (Å²) in [5.74, 6) is 0. The Morgan fingerprint density at radius 2 is 1.27 bits per heavy atom. The Labute approximate surface area is 88.4 Å². The molecule has 6 heteroatoms. The maximum absolute atomic E-state index is 9.57. The van der Waals surface area contributed by atoms with E-state index in [9.17, 15) is 15.3 Å². The molecule has 3 N–H and O–H groups in total. The molecule has 0 aromatic heterocycles. The molecule has 1 saturated heterocycles. The highest BCUT2D eigenvalue weighted by Crippen LogP contribution is 2.21. The van der Waals surface area contributed by atoms with Crippen molar-refractivity contribution in [1.29, 1.82) is 0 Å². The van der Waals surface area contributed by atoms with Crippen LogP contribution in [0.3, 0.4) is 0 Å². The van der Waals surface area contributed by atoms with Crippen LogP contribution in [0.15, 0.2) is 0 Å². The number of hydrogen-bond acceptors (Lipinski definition) is 6. The van der Waals surface area contributed by atoms with Gasteiger partial charge >= 0.3 is 0 Å². The number of methoxy groups -OCH3 is 2. The van der Waals surface area contributed by atoms with Crippen LogP contribution in [0.25, 0.3) is 0 Å². The molecule has 0 radical (unpaired) electrons.